The van der Waals surface area contributed by atoms with E-state index >= 15 is 0 Å². The molecular weight excluding hydrogens is 310 g/mol. The molecule has 0 saturated heterocycles. The maximum absolute atomic E-state index is 12.8. The lowest BCUT2D eigenvalue weighted by atomic mass is 9.91. The molecule has 0 fully saturated rings. The number of rotatable bonds is 5. The van der Waals surface area contributed by atoms with Crippen LogP contribution in [-0.4, -0.2) is 11.7 Å². The minimum absolute atomic E-state index is 0.396. The Morgan fingerprint density at radius 1 is 0.760 bits per heavy atom. The van der Waals surface area contributed by atoms with E-state index in [-0.39, 0.29) is 0 Å². The molecule has 0 aliphatic heterocycles. The van der Waals surface area contributed by atoms with Crippen LogP contribution in [0.25, 0.3) is 0 Å². The molecule has 3 aromatic rings. The van der Waals surface area contributed by atoms with Gasteiger partial charge in [0, 0.05) is 0 Å². The summed E-state index contributed by atoms with van der Waals surface area (Å²) in [4.78, 5) is 18.0. The molecule has 3 heteroatoms. The lowest BCUT2D eigenvalue weighted by molar-refractivity contribution is -0.144. The third-order valence-corrected chi connectivity index (χ3v) is 3.97. The van der Waals surface area contributed by atoms with Crippen molar-refractivity contribution < 1.29 is 9.63 Å². The van der Waals surface area contributed by atoms with Gasteiger partial charge in [0.15, 0.2) is 0 Å². The van der Waals surface area contributed by atoms with Crippen molar-refractivity contribution in [3.8, 4) is 0 Å². The maximum atomic E-state index is 12.8. The Bertz CT molecular complexity index is 803. The highest BCUT2D eigenvalue weighted by atomic mass is 16.7. The van der Waals surface area contributed by atoms with Gasteiger partial charge in [0.1, 0.15) is 5.92 Å². The quantitative estimate of drug-likeness (QED) is 0.384. The lowest BCUT2D eigenvalue weighted by Crippen LogP contribution is -2.16. The van der Waals surface area contributed by atoms with Gasteiger partial charge >= 0.3 is 5.97 Å². The Morgan fingerprint density at radius 2 is 1.20 bits per heavy atom. The van der Waals surface area contributed by atoms with E-state index < -0.39 is 11.9 Å². The Balaban J connectivity index is 1.85. The first kappa shape index (κ1) is 16.7. The van der Waals surface area contributed by atoms with Crippen LogP contribution in [0.2, 0.25) is 0 Å². The molecule has 0 heterocycles. The van der Waals surface area contributed by atoms with Crippen LogP contribution in [0, 0.1) is 0 Å². The van der Waals surface area contributed by atoms with Crippen LogP contribution in [0.3, 0.4) is 0 Å². The van der Waals surface area contributed by atoms with Crippen molar-refractivity contribution in [2.45, 2.75) is 12.8 Å². The summed E-state index contributed by atoms with van der Waals surface area (Å²) in [5.41, 5.74) is 3.35. The largest absolute Gasteiger partial charge is 0.346 e. The van der Waals surface area contributed by atoms with E-state index in [0.717, 1.165) is 16.7 Å². The number of hydrogen-bond acceptors (Lipinski definition) is 3. The summed E-state index contributed by atoms with van der Waals surface area (Å²) in [6, 6.07) is 28.8. The molecule has 0 bridgehead atoms. The molecule has 25 heavy (non-hydrogen) atoms. The van der Waals surface area contributed by atoms with Gasteiger partial charge in [0.2, 0.25) is 0 Å². The second-order valence-electron chi connectivity index (χ2n) is 5.71. The van der Waals surface area contributed by atoms with E-state index in [1.807, 2.05) is 97.9 Å². The molecule has 0 aliphatic carbocycles. The van der Waals surface area contributed by atoms with Crippen LogP contribution < -0.4 is 0 Å². The van der Waals surface area contributed by atoms with Gasteiger partial charge in [-0.25, -0.2) is 4.79 Å². The van der Waals surface area contributed by atoms with E-state index in [1.54, 1.807) is 0 Å². The fourth-order valence-corrected chi connectivity index (χ4v) is 2.65. The van der Waals surface area contributed by atoms with Crippen LogP contribution >= 0.6 is 0 Å². The minimum Gasteiger partial charge on any atom is -0.317 e. The average Bonchev–Trinajstić information content (AvgIpc) is 2.69. The zero-order valence-corrected chi connectivity index (χ0v) is 14.0. The number of carbonyl (C=O) groups is 1. The summed E-state index contributed by atoms with van der Waals surface area (Å²) in [7, 11) is 0. The van der Waals surface area contributed by atoms with Crippen LogP contribution in [0.1, 0.15) is 29.5 Å². The van der Waals surface area contributed by atoms with Crippen molar-refractivity contribution >= 4 is 11.7 Å². The second kappa shape index (κ2) is 8.06. The van der Waals surface area contributed by atoms with Crippen molar-refractivity contribution in [1.82, 2.24) is 0 Å². The van der Waals surface area contributed by atoms with Gasteiger partial charge in [-0.3, -0.25) is 0 Å². The number of oxime groups is 1. The Labute approximate surface area is 147 Å². The minimum atomic E-state index is -0.505. The van der Waals surface area contributed by atoms with E-state index in [9.17, 15) is 4.79 Å². The monoisotopic (exact) mass is 329 g/mol. The van der Waals surface area contributed by atoms with Gasteiger partial charge in [-0.05, 0) is 23.6 Å². The molecule has 0 atom stereocenters. The molecule has 3 nitrogen and oxygen atoms in total. The molecule has 0 aliphatic rings. The molecule has 124 valence electrons. The van der Waals surface area contributed by atoms with Gasteiger partial charge < -0.3 is 4.84 Å². The fourth-order valence-electron chi connectivity index (χ4n) is 2.65. The number of hydrogen-bond donors (Lipinski definition) is 0. The molecular formula is C22H19NO2. The van der Waals surface area contributed by atoms with Gasteiger partial charge in [-0.15, -0.1) is 0 Å². The highest BCUT2D eigenvalue weighted by molar-refractivity contribution is 5.98. The zero-order chi connectivity index (χ0) is 17.5. The molecule has 3 aromatic carbocycles. The molecule has 0 saturated carbocycles. The van der Waals surface area contributed by atoms with E-state index in [1.165, 1.54) is 0 Å². The summed E-state index contributed by atoms with van der Waals surface area (Å²) < 4.78 is 0. The first-order valence-corrected chi connectivity index (χ1v) is 8.16. The average molecular weight is 329 g/mol. The van der Waals surface area contributed by atoms with E-state index in [0.29, 0.717) is 5.71 Å². The standard InChI is InChI=1S/C22H19NO2/c1-17(18-11-5-2-6-12-18)23-25-22(24)21(19-13-7-3-8-14-19)20-15-9-4-10-16-20/h2-16,21H,1H3/b23-17-. The predicted molar refractivity (Wildman–Crippen MR) is 99.5 cm³/mol. The van der Waals surface area contributed by atoms with Gasteiger partial charge in [-0.1, -0.05) is 96.2 Å². The Hall–Kier alpha value is -3.20. The third-order valence-electron chi connectivity index (χ3n) is 3.97. The van der Waals surface area contributed by atoms with Gasteiger partial charge in [0.05, 0.1) is 5.71 Å². The molecule has 3 rings (SSSR count). The smallest absolute Gasteiger partial charge is 0.317 e. The van der Waals surface area contributed by atoms with E-state index in [4.69, 9.17) is 4.84 Å². The first-order chi connectivity index (χ1) is 12.3. The highest BCUT2D eigenvalue weighted by Gasteiger charge is 2.24. The van der Waals surface area contributed by atoms with Gasteiger partial charge in [-0.2, -0.15) is 0 Å². The summed E-state index contributed by atoms with van der Waals surface area (Å²) in [6.45, 7) is 1.82. The normalized spacial score (nSPS) is 11.4. The second-order valence-corrected chi connectivity index (χ2v) is 5.71. The Morgan fingerprint density at radius 3 is 1.68 bits per heavy atom. The van der Waals surface area contributed by atoms with Crippen LogP contribution in [0.5, 0.6) is 0 Å². The third kappa shape index (κ3) is 4.21. The van der Waals surface area contributed by atoms with Crippen molar-refractivity contribution in [3.05, 3.63) is 108 Å². The molecule has 0 radical (unpaired) electrons. The van der Waals surface area contributed by atoms with Gasteiger partial charge in [0.25, 0.3) is 0 Å². The topological polar surface area (TPSA) is 38.7 Å². The zero-order valence-electron chi connectivity index (χ0n) is 14.0. The van der Waals surface area contributed by atoms with Crippen molar-refractivity contribution in [3.63, 3.8) is 0 Å². The van der Waals surface area contributed by atoms with Crippen LogP contribution in [0.4, 0.5) is 0 Å². The van der Waals surface area contributed by atoms with Crippen LogP contribution in [-0.2, 0) is 9.63 Å². The molecule has 0 spiro atoms. The highest BCUT2D eigenvalue weighted by Crippen LogP contribution is 2.26. The summed E-state index contributed by atoms with van der Waals surface area (Å²) in [5.74, 6) is -0.901. The number of carbonyl (C=O) groups excluding carboxylic acids is 1. The molecule has 0 N–H and O–H groups in total. The summed E-state index contributed by atoms with van der Waals surface area (Å²) in [5, 5.41) is 4.03. The predicted octanol–water partition coefficient (Wildman–Crippen LogP) is 4.79. The molecule has 0 amide bonds. The van der Waals surface area contributed by atoms with Crippen LogP contribution in [0.15, 0.2) is 96.2 Å². The SMILES string of the molecule is C/C(=N/OC(=O)C(c1ccccc1)c1ccccc1)c1ccccc1. The fraction of sp³-hybridized carbons (Fsp3) is 0.0909. The van der Waals surface area contributed by atoms with E-state index in [2.05, 4.69) is 5.16 Å². The lowest BCUT2D eigenvalue weighted by Gasteiger charge is -2.15. The first-order valence-electron chi connectivity index (χ1n) is 8.16. The summed E-state index contributed by atoms with van der Waals surface area (Å²) in [6.07, 6.45) is 0. The number of nitrogens with zero attached hydrogens (tertiary/aromatic N) is 1. The number of benzene rings is 3. The molecule has 0 unspecified atom stereocenters. The van der Waals surface area contributed by atoms with Crippen molar-refractivity contribution in [2.75, 3.05) is 0 Å². The summed E-state index contributed by atoms with van der Waals surface area (Å²) >= 11 is 0. The Kier molecular flexibility index (Phi) is 5.37. The maximum Gasteiger partial charge on any atom is 0.346 e. The van der Waals surface area contributed by atoms with Crippen molar-refractivity contribution in [1.29, 1.82) is 0 Å². The molecule has 0 aromatic heterocycles. The van der Waals surface area contributed by atoms with Crippen molar-refractivity contribution in [2.24, 2.45) is 5.16 Å².